The SMILES string of the molecule is CCc1cc(C(O)c2cc(Cl)ccc2OC)n(C)n1. The lowest BCUT2D eigenvalue weighted by molar-refractivity contribution is 0.204. The molecule has 19 heavy (non-hydrogen) atoms. The molecule has 1 N–H and O–H groups in total. The van der Waals surface area contributed by atoms with E-state index in [0.717, 1.165) is 17.8 Å². The number of methoxy groups -OCH3 is 1. The van der Waals surface area contributed by atoms with Crippen LogP contribution in [0.15, 0.2) is 24.3 Å². The number of aliphatic hydroxyl groups is 1. The molecule has 1 aromatic heterocycles. The van der Waals surface area contributed by atoms with Gasteiger partial charge >= 0.3 is 0 Å². The quantitative estimate of drug-likeness (QED) is 0.937. The lowest BCUT2D eigenvalue weighted by atomic mass is 10.0. The fourth-order valence-corrected chi connectivity index (χ4v) is 2.23. The number of benzene rings is 1. The number of aryl methyl sites for hydroxylation is 2. The monoisotopic (exact) mass is 280 g/mol. The lowest BCUT2D eigenvalue weighted by Crippen LogP contribution is -2.08. The molecule has 5 heteroatoms. The van der Waals surface area contributed by atoms with Gasteiger partial charge < -0.3 is 9.84 Å². The van der Waals surface area contributed by atoms with Crippen molar-refractivity contribution in [1.29, 1.82) is 0 Å². The molecule has 1 heterocycles. The number of hydrogen-bond donors (Lipinski definition) is 1. The van der Waals surface area contributed by atoms with E-state index in [1.807, 2.05) is 20.0 Å². The number of aliphatic hydroxyl groups excluding tert-OH is 1. The molecule has 102 valence electrons. The Balaban J connectivity index is 2.45. The third-order valence-corrected chi connectivity index (χ3v) is 3.33. The van der Waals surface area contributed by atoms with E-state index in [1.54, 1.807) is 30.0 Å². The van der Waals surface area contributed by atoms with Crippen molar-refractivity contribution in [3.05, 3.63) is 46.2 Å². The smallest absolute Gasteiger partial charge is 0.125 e. The Hall–Kier alpha value is -1.52. The number of ether oxygens (including phenoxy) is 1. The van der Waals surface area contributed by atoms with Crippen LogP contribution >= 0.6 is 11.6 Å². The molecule has 0 saturated carbocycles. The molecule has 2 rings (SSSR count). The summed E-state index contributed by atoms with van der Waals surface area (Å²) in [5.41, 5.74) is 2.30. The van der Waals surface area contributed by atoms with Gasteiger partial charge in [-0.1, -0.05) is 18.5 Å². The van der Waals surface area contributed by atoms with Gasteiger partial charge in [0.05, 0.1) is 18.5 Å². The van der Waals surface area contributed by atoms with E-state index < -0.39 is 6.10 Å². The number of halogens is 1. The maximum Gasteiger partial charge on any atom is 0.125 e. The van der Waals surface area contributed by atoms with E-state index in [4.69, 9.17) is 16.3 Å². The van der Waals surface area contributed by atoms with Gasteiger partial charge in [-0.15, -0.1) is 0 Å². The first kappa shape index (κ1) is 13.9. The molecule has 0 amide bonds. The van der Waals surface area contributed by atoms with Crippen molar-refractivity contribution in [3.8, 4) is 5.75 Å². The molecule has 0 spiro atoms. The minimum atomic E-state index is -0.813. The minimum absolute atomic E-state index is 0.563. The fraction of sp³-hybridized carbons (Fsp3) is 0.357. The third kappa shape index (κ3) is 2.74. The molecular formula is C14H17ClN2O2. The first-order chi connectivity index (χ1) is 9.06. The Morgan fingerprint density at radius 1 is 1.42 bits per heavy atom. The molecule has 0 saturated heterocycles. The Morgan fingerprint density at radius 3 is 2.74 bits per heavy atom. The minimum Gasteiger partial charge on any atom is -0.496 e. The molecule has 4 nitrogen and oxygen atoms in total. The Labute approximate surface area is 117 Å². The molecule has 0 aliphatic heterocycles. The predicted molar refractivity (Wildman–Crippen MR) is 74.7 cm³/mol. The Morgan fingerprint density at radius 2 is 2.16 bits per heavy atom. The second-order valence-electron chi connectivity index (χ2n) is 4.33. The van der Waals surface area contributed by atoms with Gasteiger partial charge in [0.2, 0.25) is 0 Å². The Kier molecular flexibility index (Phi) is 4.12. The number of hydrogen-bond acceptors (Lipinski definition) is 3. The van der Waals surface area contributed by atoms with Crippen LogP contribution in [-0.2, 0) is 13.5 Å². The standard InChI is InChI=1S/C14H17ClN2O2/c1-4-10-8-12(17(2)16-10)14(18)11-7-9(15)5-6-13(11)19-3/h5-8,14,18H,4H2,1-3H3. The van der Waals surface area contributed by atoms with Gasteiger partial charge in [-0.3, -0.25) is 4.68 Å². The molecule has 2 aromatic rings. The zero-order valence-electron chi connectivity index (χ0n) is 11.2. The van der Waals surface area contributed by atoms with E-state index in [1.165, 1.54) is 0 Å². The van der Waals surface area contributed by atoms with Crippen molar-refractivity contribution in [3.63, 3.8) is 0 Å². The third-order valence-electron chi connectivity index (χ3n) is 3.10. The molecule has 1 unspecified atom stereocenters. The number of nitrogens with zero attached hydrogens (tertiary/aromatic N) is 2. The first-order valence-corrected chi connectivity index (χ1v) is 6.49. The van der Waals surface area contributed by atoms with Crippen LogP contribution in [0.1, 0.15) is 30.0 Å². The van der Waals surface area contributed by atoms with Crippen molar-refractivity contribution in [2.75, 3.05) is 7.11 Å². The van der Waals surface area contributed by atoms with E-state index in [2.05, 4.69) is 5.10 Å². The summed E-state index contributed by atoms with van der Waals surface area (Å²) in [6.45, 7) is 2.03. The van der Waals surface area contributed by atoms with Crippen LogP contribution in [0.2, 0.25) is 5.02 Å². The van der Waals surface area contributed by atoms with E-state index >= 15 is 0 Å². The number of aromatic nitrogens is 2. The van der Waals surface area contributed by atoms with Crippen LogP contribution < -0.4 is 4.74 Å². The summed E-state index contributed by atoms with van der Waals surface area (Å²) in [6, 6.07) is 7.09. The summed E-state index contributed by atoms with van der Waals surface area (Å²) in [7, 11) is 3.38. The largest absolute Gasteiger partial charge is 0.496 e. The van der Waals surface area contributed by atoms with Crippen LogP contribution in [0.3, 0.4) is 0 Å². The van der Waals surface area contributed by atoms with E-state index in [-0.39, 0.29) is 0 Å². The Bertz CT molecular complexity index is 581. The summed E-state index contributed by atoms with van der Waals surface area (Å²) < 4.78 is 6.95. The summed E-state index contributed by atoms with van der Waals surface area (Å²) in [5.74, 6) is 0.608. The normalized spacial score (nSPS) is 12.5. The van der Waals surface area contributed by atoms with Gasteiger partial charge in [0.15, 0.2) is 0 Å². The summed E-state index contributed by atoms with van der Waals surface area (Å²) in [5, 5.41) is 15.4. The average molecular weight is 281 g/mol. The highest BCUT2D eigenvalue weighted by Crippen LogP contribution is 2.32. The summed E-state index contributed by atoms with van der Waals surface area (Å²) in [6.07, 6.45) is 0.0132. The van der Waals surface area contributed by atoms with Crippen LogP contribution in [0.4, 0.5) is 0 Å². The lowest BCUT2D eigenvalue weighted by Gasteiger charge is -2.15. The topological polar surface area (TPSA) is 47.3 Å². The molecule has 1 atom stereocenters. The average Bonchev–Trinajstić information content (AvgIpc) is 2.79. The van der Waals surface area contributed by atoms with Crippen molar-refractivity contribution in [1.82, 2.24) is 9.78 Å². The molecule has 0 radical (unpaired) electrons. The van der Waals surface area contributed by atoms with Crippen molar-refractivity contribution >= 4 is 11.6 Å². The van der Waals surface area contributed by atoms with Gasteiger partial charge in [0, 0.05) is 17.6 Å². The molecule has 0 bridgehead atoms. The predicted octanol–water partition coefficient (Wildman–Crippen LogP) is 2.73. The van der Waals surface area contributed by atoms with Crippen molar-refractivity contribution < 1.29 is 9.84 Å². The van der Waals surface area contributed by atoms with Crippen LogP contribution in [0.25, 0.3) is 0 Å². The molecule has 0 aliphatic carbocycles. The van der Waals surface area contributed by atoms with Crippen molar-refractivity contribution in [2.45, 2.75) is 19.4 Å². The molecule has 1 aromatic carbocycles. The second-order valence-corrected chi connectivity index (χ2v) is 4.76. The number of rotatable bonds is 4. The molecule has 0 fully saturated rings. The van der Waals surface area contributed by atoms with Crippen LogP contribution in [0.5, 0.6) is 5.75 Å². The highest BCUT2D eigenvalue weighted by Gasteiger charge is 2.20. The molecular weight excluding hydrogens is 264 g/mol. The summed E-state index contributed by atoms with van der Waals surface area (Å²) >= 11 is 5.99. The van der Waals surface area contributed by atoms with Gasteiger partial charge in [0.25, 0.3) is 0 Å². The van der Waals surface area contributed by atoms with Gasteiger partial charge in [0.1, 0.15) is 11.9 Å². The summed E-state index contributed by atoms with van der Waals surface area (Å²) in [4.78, 5) is 0. The zero-order chi connectivity index (χ0) is 14.0. The fourth-order valence-electron chi connectivity index (χ4n) is 2.05. The maximum absolute atomic E-state index is 10.5. The van der Waals surface area contributed by atoms with Crippen LogP contribution in [0, 0.1) is 0 Å². The first-order valence-electron chi connectivity index (χ1n) is 6.11. The highest BCUT2D eigenvalue weighted by molar-refractivity contribution is 6.30. The van der Waals surface area contributed by atoms with Crippen molar-refractivity contribution in [2.24, 2.45) is 7.05 Å². The van der Waals surface area contributed by atoms with Gasteiger partial charge in [-0.25, -0.2) is 0 Å². The second kappa shape index (κ2) is 5.63. The van der Waals surface area contributed by atoms with Gasteiger partial charge in [-0.05, 0) is 30.7 Å². The molecule has 0 aliphatic rings. The van der Waals surface area contributed by atoms with Gasteiger partial charge in [-0.2, -0.15) is 5.10 Å². The van der Waals surface area contributed by atoms with E-state index in [0.29, 0.717) is 16.3 Å². The zero-order valence-corrected chi connectivity index (χ0v) is 12.0. The van der Waals surface area contributed by atoms with Crippen LogP contribution in [-0.4, -0.2) is 22.0 Å². The highest BCUT2D eigenvalue weighted by atomic mass is 35.5. The van der Waals surface area contributed by atoms with E-state index in [9.17, 15) is 5.11 Å². The maximum atomic E-state index is 10.5.